The first-order valence-electron chi connectivity index (χ1n) is 9.99. The topological polar surface area (TPSA) is 105 Å². The first-order valence-corrected chi connectivity index (χ1v) is 9.99. The molecule has 1 saturated heterocycles. The molecule has 0 spiro atoms. The normalized spacial score (nSPS) is 21.5. The lowest BCUT2D eigenvalue weighted by molar-refractivity contribution is -0.213. The minimum atomic E-state index is -0.674. The van der Waals surface area contributed by atoms with Crippen LogP contribution in [0, 0.1) is 11.7 Å². The van der Waals surface area contributed by atoms with Gasteiger partial charge in [-0.05, 0) is 43.2 Å². The average molecular weight is 411 g/mol. The molecule has 2 fully saturated rings. The van der Waals surface area contributed by atoms with Crippen molar-refractivity contribution in [2.45, 2.75) is 25.2 Å². The number of H-pyrrole nitrogens is 1. The molecule has 9 heteroatoms. The number of halogens is 1. The maximum Gasteiger partial charge on any atom is 0.223 e. The van der Waals surface area contributed by atoms with Crippen LogP contribution >= 0.6 is 0 Å². The summed E-state index contributed by atoms with van der Waals surface area (Å²) in [5.41, 5.74) is 2.70. The molecule has 0 atom stereocenters. The highest BCUT2D eigenvalue weighted by atomic mass is 19.1. The molecule has 0 bridgehead atoms. The summed E-state index contributed by atoms with van der Waals surface area (Å²) in [6.07, 6.45) is 3.26. The molecular formula is C21H22FN5O3. The van der Waals surface area contributed by atoms with Crippen LogP contribution in [0.4, 0.5) is 10.3 Å². The molecule has 1 saturated carbocycles. The molecule has 2 aliphatic rings. The molecule has 0 radical (unpaired) electrons. The van der Waals surface area contributed by atoms with E-state index in [1.54, 1.807) is 24.4 Å². The van der Waals surface area contributed by atoms with Gasteiger partial charge in [0, 0.05) is 23.7 Å². The van der Waals surface area contributed by atoms with Gasteiger partial charge in [-0.1, -0.05) is 0 Å². The Labute approximate surface area is 172 Å². The van der Waals surface area contributed by atoms with Crippen LogP contribution < -0.4 is 5.32 Å². The van der Waals surface area contributed by atoms with Gasteiger partial charge in [0.15, 0.2) is 5.82 Å². The van der Waals surface area contributed by atoms with Gasteiger partial charge < -0.3 is 24.9 Å². The van der Waals surface area contributed by atoms with Crippen LogP contribution in [-0.2, 0) is 9.47 Å². The second-order valence-corrected chi connectivity index (χ2v) is 7.58. The molecule has 3 aromatic rings. The summed E-state index contributed by atoms with van der Waals surface area (Å²) in [5, 5.41) is 12.6. The molecule has 1 aliphatic heterocycles. The number of anilines is 1. The average Bonchev–Trinajstić information content (AvgIpc) is 3.48. The largest absolute Gasteiger partial charge is 0.396 e. The van der Waals surface area contributed by atoms with Crippen molar-refractivity contribution < 1.29 is 19.0 Å². The highest BCUT2D eigenvalue weighted by Gasteiger charge is 2.28. The Morgan fingerprint density at radius 2 is 1.87 bits per heavy atom. The van der Waals surface area contributed by atoms with Crippen LogP contribution in [0.3, 0.4) is 0 Å². The minimum Gasteiger partial charge on any atom is -0.396 e. The number of nitrogens with zero attached hydrogens (tertiary/aromatic N) is 3. The monoisotopic (exact) mass is 411 g/mol. The molecule has 3 heterocycles. The van der Waals surface area contributed by atoms with E-state index in [0.29, 0.717) is 48.1 Å². The number of aromatic nitrogens is 4. The van der Waals surface area contributed by atoms with Crippen molar-refractivity contribution in [1.82, 2.24) is 19.9 Å². The second-order valence-electron chi connectivity index (χ2n) is 7.58. The lowest BCUT2D eigenvalue weighted by Gasteiger charge is -2.26. The summed E-state index contributed by atoms with van der Waals surface area (Å²) in [5.74, 6) is 0.691. The first-order chi connectivity index (χ1) is 14.7. The Balaban J connectivity index is 1.51. The molecule has 0 amide bonds. The van der Waals surface area contributed by atoms with E-state index in [4.69, 9.17) is 14.5 Å². The molecule has 3 N–H and O–H groups in total. The van der Waals surface area contributed by atoms with Crippen molar-refractivity contribution in [3.05, 3.63) is 48.2 Å². The van der Waals surface area contributed by atoms with E-state index in [0.717, 1.165) is 18.4 Å². The number of imidazole rings is 1. The van der Waals surface area contributed by atoms with Gasteiger partial charge in [-0.2, -0.15) is 0 Å². The first kappa shape index (κ1) is 19.1. The van der Waals surface area contributed by atoms with Crippen LogP contribution in [-0.4, -0.2) is 50.9 Å². The SMILES string of the molecule is OCC1COC(c2nc(-c3ccc(F)cc3)c(-c3ccnc(NC4CC4)n3)[nH]2)OC1. The van der Waals surface area contributed by atoms with E-state index >= 15 is 0 Å². The maximum atomic E-state index is 13.5. The van der Waals surface area contributed by atoms with Gasteiger partial charge in [0.05, 0.1) is 36.9 Å². The van der Waals surface area contributed by atoms with Crippen LogP contribution in [0.15, 0.2) is 36.5 Å². The number of hydrogen-bond donors (Lipinski definition) is 3. The van der Waals surface area contributed by atoms with Crippen LogP contribution in [0.5, 0.6) is 0 Å². The van der Waals surface area contributed by atoms with Crippen LogP contribution in [0.1, 0.15) is 25.0 Å². The lowest BCUT2D eigenvalue weighted by atomic mass is 10.1. The molecule has 5 rings (SSSR count). The Morgan fingerprint density at radius 1 is 1.10 bits per heavy atom. The van der Waals surface area contributed by atoms with Crippen molar-refractivity contribution in [2.75, 3.05) is 25.1 Å². The van der Waals surface area contributed by atoms with Gasteiger partial charge in [-0.3, -0.25) is 0 Å². The molecular weight excluding hydrogens is 389 g/mol. The standard InChI is InChI=1S/C21H22FN5O3/c22-14-3-1-13(2-4-14)17-18(16-7-8-23-21(25-16)24-15-5-6-15)27-19(26-17)20-29-10-12(9-28)11-30-20/h1-4,7-8,12,15,20,28H,5-6,9-11H2,(H,26,27)(H,23,24,25). The third kappa shape index (κ3) is 4.04. The Kier molecular flexibility index (Phi) is 5.16. The van der Waals surface area contributed by atoms with Gasteiger partial charge in [0.1, 0.15) is 5.82 Å². The van der Waals surface area contributed by atoms with Crippen LogP contribution in [0.2, 0.25) is 0 Å². The summed E-state index contributed by atoms with van der Waals surface area (Å²) < 4.78 is 24.9. The zero-order chi connectivity index (χ0) is 20.5. The fourth-order valence-corrected chi connectivity index (χ4v) is 3.29. The third-order valence-corrected chi connectivity index (χ3v) is 5.11. The van der Waals surface area contributed by atoms with Crippen molar-refractivity contribution in [1.29, 1.82) is 0 Å². The van der Waals surface area contributed by atoms with E-state index in [1.807, 2.05) is 0 Å². The van der Waals surface area contributed by atoms with Gasteiger partial charge in [-0.25, -0.2) is 19.3 Å². The van der Waals surface area contributed by atoms with Crippen molar-refractivity contribution in [3.8, 4) is 22.6 Å². The number of benzene rings is 1. The molecule has 1 aliphatic carbocycles. The number of nitrogens with one attached hydrogen (secondary N) is 2. The molecule has 30 heavy (non-hydrogen) atoms. The lowest BCUT2D eigenvalue weighted by Crippen LogP contribution is -2.29. The zero-order valence-electron chi connectivity index (χ0n) is 16.2. The zero-order valence-corrected chi connectivity index (χ0v) is 16.2. The molecule has 2 aromatic heterocycles. The van der Waals surface area contributed by atoms with Crippen LogP contribution in [0.25, 0.3) is 22.6 Å². The quantitative estimate of drug-likeness (QED) is 0.573. The smallest absolute Gasteiger partial charge is 0.223 e. The fourth-order valence-electron chi connectivity index (χ4n) is 3.29. The number of aliphatic hydroxyl groups excluding tert-OH is 1. The predicted molar refractivity (Wildman–Crippen MR) is 107 cm³/mol. The Hall–Kier alpha value is -2.88. The van der Waals surface area contributed by atoms with Crippen molar-refractivity contribution in [3.63, 3.8) is 0 Å². The number of rotatable bonds is 6. The van der Waals surface area contributed by atoms with E-state index in [9.17, 15) is 9.50 Å². The highest BCUT2D eigenvalue weighted by molar-refractivity contribution is 5.77. The predicted octanol–water partition coefficient (Wildman–Crippen LogP) is 2.90. The fraction of sp³-hybridized carbons (Fsp3) is 0.381. The molecule has 8 nitrogen and oxygen atoms in total. The van der Waals surface area contributed by atoms with Crippen molar-refractivity contribution in [2.24, 2.45) is 5.92 Å². The summed E-state index contributed by atoms with van der Waals surface area (Å²) in [6, 6.07) is 8.37. The number of aromatic amines is 1. The minimum absolute atomic E-state index is 0.00859. The van der Waals surface area contributed by atoms with E-state index in [-0.39, 0.29) is 18.3 Å². The number of hydrogen-bond acceptors (Lipinski definition) is 7. The summed E-state index contributed by atoms with van der Waals surface area (Å²) in [6.45, 7) is 0.771. The van der Waals surface area contributed by atoms with E-state index < -0.39 is 6.29 Å². The third-order valence-electron chi connectivity index (χ3n) is 5.11. The summed E-state index contributed by atoms with van der Waals surface area (Å²) >= 11 is 0. The van der Waals surface area contributed by atoms with Gasteiger partial charge in [0.2, 0.25) is 12.2 Å². The number of ether oxygens (including phenoxy) is 2. The van der Waals surface area contributed by atoms with Crippen molar-refractivity contribution >= 4 is 5.95 Å². The van der Waals surface area contributed by atoms with E-state index in [1.165, 1.54) is 12.1 Å². The molecule has 1 aromatic carbocycles. The van der Waals surface area contributed by atoms with Gasteiger partial charge in [0.25, 0.3) is 0 Å². The van der Waals surface area contributed by atoms with Gasteiger partial charge >= 0.3 is 0 Å². The van der Waals surface area contributed by atoms with E-state index in [2.05, 4.69) is 20.3 Å². The summed E-state index contributed by atoms with van der Waals surface area (Å²) in [7, 11) is 0. The van der Waals surface area contributed by atoms with Gasteiger partial charge in [-0.15, -0.1) is 0 Å². The molecule has 156 valence electrons. The maximum absolute atomic E-state index is 13.5. The Morgan fingerprint density at radius 3 is 2.57 bits per heavy atom. The summed E-state index contributed by atoms with van der Waals surface area (Å²) in [4.78, 5) is 16.9. The number of aliphatic hydroxyl groups is 1. The Bertz CT molecular complexity index is 1010. The molecule has 0 unspecified atom stereocenters. The second kappa shape index (κ2) is 8.10. The highest BCUT2D eigenvalue weighted by Crippen LogP contribution is 2.33.